The molecule has 7 heteroatoms. The Morgan fingerprint density at radius 1 is 1.04 bits per heavy atom. The lowest BCUT2D eigenvalue weighted by molar-refractivity contribution is 0.427. The lowest BCUT2D eigenvalue weighted by Crippen LogP contribution is -2.24. The summed E-state index contributed by atoms with van der Waals surface area (Å²) in [5, 5.41) is 3.86. The first-order valence-electron chi connectivity index (χ1n) is 8.56. The van der Waals surface area contributed by atoms with Crippen molar-refractivity contribution in [2.24, 2.45) is 0 Å². The van der Waals surface area contributed by atoms with E-state index in [-0.39, 0.29) is 11.4 Å². The molecule has 0 saturated carbocycles. The lowest BCUT2D eigenvalue weighted by Gasteiger charge is -2.13. The zero-order valence-electron chi connectivity index (χ0n) is 15.9. The number of benzene rings is 2. The molecule has 0 saturated heterocycles. The highest BCUT2D eigenvalue weighted by Gasteiger charge is 2.18. The fourth-order valence-corrected chi connectivity index (χ4v) is 4.00. The number of nitrogens with one attached hydrogen (secondary N) is 1. The number of anilines is 1. The summed E-state index contributed by atoms with van der Waals surface area (Å²) in [5.41, 5.74) is 4.05. The SMILES string of the molecule is Cc1cc(-c2ccc(C)c(S(=O)(=O)NCc3ccc(N(C)C)cc3)c2)on1. The van der Waals surface area contributed by atoms with Gasteiger partial charge < -0.3 is 9.42 Å². The van der Waals surface area contributed by atoms with Gasteiger partial charge in [0.1, 0.15) is 0 Å². The Labute approximate surface area is 159 Å². The first kappa shape index (κ1) is 19.1. The summed E-state index contributed by atoms with van der Waals surface area (Å²) in [4.78, 5) is 2.23. The largest absolute Gasteiger partial charge is 0.378 e. The maximum atomic E-state index is 12.8. The van der Waals surface area contributed by atoms with Gasteiger partial charge >= 0.3 is 0 Å². The number of aryl methyl sites for hydroxylation is 2. The fourth-order valence-electron chi connectivity index (χ4n) is 2.71. The summed E-state index contributed by atoms with van der Waals surface area (Å²) in [6, 6.07) is 14.7. The molecule has 1 heterocycles. The molecule has 0 aliphatic rings. The number of aromatic nitrogens is 1. The van der Waals surface area contributed by atoms with Crippen LogP contribution in [0.15, 0.2) is 57.9 Å². The minimum Gasteiger partial charge on any atom is -0.378 e. The Morgan fingerprint density at radius 2 is 1.74 bits per heavy atom. The van der Waals surface area contributed by atoms with Crippen LogP contribution in [0.2, 0.25) is 0 Å². The molecule has 0 amide bonds. The highest BCUT2D eigenvalue weighted by atomic mass is 32.2. The van der Waals surface area contributed by atoms with E-state index < -0.39 is 10.0 Å². The Balaban J connectivity index is 1.81. The molecule has 0 aliphatic carbocycles. The zero-order valence-corrected chi connectivity index (χ0v) is 16.7. The van der Waals surface area contributed by atoms with E-state index in [1.54, 1.807) is 25.1 Å². The van der Waals surface area contributed by atoms with Crippen LogP contribution in [0.4, 0.5) is 5.69 Å². The fraction of sp³-hybridized carbons (Fsp3) is 0.250. The lowest BCUT2D eigenvalue weighted by atomic mass is 10.1. The van der Waals surface area contributed by atoms with Crippen LogP contribution < -0.4 is 9.62 Å². The van der Waals surface area contributed by atoms with Gasteiger partial charge in [0.05, 0.1) is 10.6 Å². The molecule has 0 unspecified atom stereocenters. The van der Waals surface area contributed by atoms with Crippen molar-refractivity contribution < 1.29 is 12.9 Å². The summed E-state index contributed by atoms with van der Waals surface area (Å²) in [5.74, 6) is 0.545. The molecule has 27 heavy (non-hydrogen) atoms. The third-order valence-electron chi connectivity index (χ3n) is 4.31. The van der Waals surface area contributed by atoms with Gasteiger partial charge in [-0.05, 0) is 43.2 Å². The highest BCUT2D eigenvalue weighted by molar-refractivity contribution is 7.89. The first-order valence-corrected chi connectivity index (χ1v) is 10.0. The molecule has 0 bridgehead atoms. The molecule has 1 aromatic heterocycles. The third kappa shape index (κ3) is 4.37. The van der Waals surface area contributed by atoms with Crippen molar-refractivity contribution in [1.29, 1.82) is 0 Å². The Hall–Kier alpha value is -2.64. The molecule has 1 N–H and O–H groups in total. The van der Waals surface area contributed by atoms with Gasteiger partial charge in [0.25, 0.3) is 0 Å². The molecular weight excluding hydrogens is 362 g/mol. The van der Waals surface area contributed by atoms with Crippen LogP contribution in [-0.2, 0) is 16.6 Å². The maximum absolute atomic E-state index is 12.8. The number of rotatable bonds is 6. The quantitative estimate of drug-likeness (QED) is 0.703. The summed E-state index contributed by atoms with van der Waals surface area (Å²) in [6.07, 6.45) is 0. The van der Waals surface area contributed by atoms with E-state index in [1.807, 2.05) is 56.3 Å². The summed E-state index contributed by atoms with van der Waals surface area (Å²) in [6.45, 7) is 3.82. The van der Waals surface area contributed by atoms with Crippen LogP contribution in [0.5, 0.6) is 0 Å². The van der Waals surface area contributed by atoms with Gasteiger partial charge in [-0.25, -0.2) is 13.1 Å². The Morgan fingerprint density at radius 3 is 2.33 bits per heavy atom. The van der Waals surface area contributed by atoms with Crippen molar-refractivity contribution in [2.75, 3.05) is 19.0 Å². The van der Waals surface area contributed by atoms with Crippen LogP contribution in [0.1, 0.15) is 16.8 Å². The van der Waals surface area contributed by atoms with E-state index in [9.17, 15) is 8.42 Å². The molecule has 2 aromatic carbocycles. The normalized spacial score (nSPS) is 11.6. The molecule has 0 aliphatic heterocycles. The Kier molecular flexibility index (Phi) is 5.34. The van der Waals surface area contributed by atoms with Crippen LogP contribution in [0.25, 0.3) is 11.3 Å². The van der Waals surface area contributed by atoms with E-state index in [0.29, 0.717) is 16.9 Å². The number of nitrogens with zero attached hydrogens (tertiary/aromatic N) is 2. The standard InChI is InChI=1S/C20H23N3O3S/c1-14-5-8-17(19-11-15(2)22-26-19)12-20(14)27(24,25)21-13-16-6-9-18(10-7-16)23(3)4/h5-12,21H,13H2,1-4H3. The number of hydrogen-bond acceptors (Lipinski definition) is 5. The minimum absolute atomic E-state index is 0.223. The predicted molar refractivity (Wildman–Crippen MR) is 106 cm³/mol. The van der Waals surface area contributed by atoms with Crippen molar-refractivity contribution in [1.82, 2.24) is 9.88 Å². The minimum atomic E-state index is -3.66. The van der Waals surface area contributed by atoms with Gasteiger partial charge in [-0.15, -0.1) is 0 Å². The van der Waals surface area contributed by atoms with Crippen molar-refractivity contribution in [3.63, 3.8) is 0 Å². The van der Waals surface area contributed by atoms with E-state index in [4.69, 9.17) is 4.52 Å². The average Bonchev–Trinajstić information content (AvgIpc) is 3.07. The van der Waals surface area contributed by atoms with Crippen molar-refractivity contribution >= 4 is 15.7 Å². The van der Waals surface area contributed by atoms with Gasteiger partial charge in [0.2, 0.25) is 10.0 Å². The van der Waals surface area contributed by atoms with E-state index in [0.717, 1.165) is 16.9 Å². The van der Waals surface area contributed by atoms with Gasteiger partial charge in [0.15, 0.2) is 5.76 Å². The first-order chi connectivity index (χ1) is 12.8. The second-order valence-corrected chi connectivity index (χ2v) is 8.43. The maximum Gasteiger partial charge on any atom is 0.241 e. The molecular formula is C20H23N3O3S. The van der Waals surface area contributed by atoms with Gasteiger partial charge in [-0.1, -0.05) is 29.4 Å². The molecule has 3 aromatic rings. The van der Waals surface area contributed by atoms with Crippen LogP contribution in [0.3, 0.4) is 0 Å². The third-order valence-corrected chi connectivity index (χ3v) is 5.85. The number of hydrogen-bond donors (Lipinski definition) is 1. The van der Waals surface area contributed by atoms with Crippen molar-refractivity contribution in [3.8, 4) is 11.3 Å². The van der Waals surface area contributed by atoms with Crippen molar-refractivity contribution in [3.05, 3.63) is 65.4 Å². The molecule has 3 rings (SSSR count). The van der Waals surface area contributed by atoms with Gasteiger partial charge in [0, 0.05) is 38.0 Å². The molecule has 0 atom stereocenters. The number of sulfonamides is 1. The summed E-state index contributed by atoms with van der Waals surface area (Å²) < 4.78 is 33.6. The van der Waals surface area contributed by atoms with Gasteiger partial charge in [-0.2, -0.15) is 0 Å². The second-order valence-electron chi connectivity index (χ2n) is 6.70. The van der Waals surface area contributed by atoms with E-state index >= 15 is 0 Å². The topological polar surface area (TPSA) is 75.4 Å². The predicted octanol–water partition coefficient (Wildman–Crippen LogP) is 3.50. The Bertz CT molecular complexity index is 1040. The summed E-state index contributed by atoms with van der Waals surface area (Å²) in [7, 11) is 0.262. The monoisotopic (exact) mass is 385 g/mol. The van der Waals surface area contributed by atoms with E-state index in [1.165, 1.54) is 0 Å². The van der Waals surface area contributed by atoms with Crippen LogP contribution in [-0.4, -0.2) is 27.7 Å². The van der Waals surface area contributed by atoms with Crippen molar-refractivity contribution in [2.45, 2.75) is 25.3 Å². The highest BCUT2D eigenvalue weighted by Crippen LogP contribution is 2.26. The molecule has 0 spiro atoms. The van der Waals surface area contributed by atoms with Gasteiger partial charge in [-0.3, -0.25) is 0 Å². The smallest absolute Gasteiger partial charge is 0.241 e. The zero-order chi connectivity index (χ0) is 19.6. The summed E-state index contributed by atoms with van der Waals surface area (Å²) >= 11 is 0. The van der Waals surface area contributed by atoms with Crippen LogP contribution in [0, 0.1) is 13.8 Å². The van der Waals surface area contributed by atoms with E-state index in [2.05, 4.69) is 9.88 Å². The molecule has 0 fully saturated rings. The molecule has 6 nitrogen and oxygen atoms in total. The van der Waals surface area contributed by atoms with Crippen LogP contribution >= 0.6 is 0 Å². The second kappa shape index (κ2) is 7.54. The molecule has 142 valence electrons. The average molecular weight is 385 g/mol. The molecule has 0 radical (unpaired) electrons.